The summed E-state index contributed by atoms with van der Waals surface area (Å²) in [4.78, 5) is 49.3. The van der Waals surface area contributed by atoms with Gasteiger partial charge in [0.15, 0.2) is 0 Å². The van der Waals surface area contributed by atoms with Gasteiger partial charge in [0.05, 0.1) is 6.04 Å². The highest BCUT2D eigenvalue weighted by atomic mass is 32.2. The number of hydrogen-bond donors (Lipinski definition) is 6. The molecule has 0 heterocycles. The van der Waals surface area contributed by atoms with E-state index in [1.807, 2.05) is 13.2 Å². The molecule has 0 radical (unpaired) electrons. The minimum absolute atomic E-state index is 0.128. The summed E-state index contributed by atoms with van der Waals surface area (Å²) >= 11 is 5.47. The van der Waals surface area contributed by atoms with Crippen molar-refractivity contribution >= 4 is 48.1 Å². The van der Waals surface area contributed by atoms with Gasteiger partial charge in [0.25, 0.3) is 0 Å². The molecule has 0 aromatic rings. The summed E-state index contributed by atoms with van der Waals surface area (Å²) in [5, 5.41) is 17.2. The van der Waals surface area contributed by atoms with Crippen molar-refractivity contribution in [2.45, 2.75) is 64.7 Å². The monoisotopic (exact) mass is 464 g/mol. The number of amides is 3. The second-order valence-electron chi connectivity index (χ2n) is 7.57. The van der Waals surface area contributed by atoms with Gasteiger partial charge in [-0.1, -0.05) is 34.1 Å². The molecule has 0 saturated heterocycles. The molecule has 9 nitrogen and oxygen atoms in total. The first-order chi connectivity index (χ1) is 14.0. The van der Waals surface area contributed by atoms with Gasteiger partial charge in [-0.2, -0.15) is 24.4 Å². The first-order valence-electron chi connectivity index (χ1n) is 9.99. The summed E-state index contributed by atoms with van der Waals surface area (Å²) < 4.78 is 0. The number of carboxylic acids is 1. The molecule has 11 heteroatoms. The van der Waals surface area contributed by atoms with E-state index < -0.39 is 47.9 Å². The predicted octanol–water partition coefficient (Wildman–Crippen LogP) is 0.238. The van der Waals surface area contributed by atoms with Gasteiger partial charge in [-0.3, -0.25) is 14.4 Å². The van der Waals surface area contributed by atoms with Crippen LogP contribution < -0.4 is 21.7 Å². The number of carbonyl (C=O) groups is 4. The standard InChI is InChI=1S/C19H36N4O5S2/c1-6-11(4)15(18(26)21-13(19(27)28)7-8-30-5)23-17(25)14(10(2)3)22-16(24)12(20)9-29/h10-15,29H,6-9,20H2,1-5H3,(H,21,26)(H,22,24)(H,23,25)(H,27,28). The predicted molar refractivity (Wildman–Crippen MR) is 123 cm³/mol. The van der Waals surface area contributed by atoms with Gasteiger partial charge in [-0.05, 0) is 30.3 Å². The fourth-order valence-electron chi connectivity index (χ4n) is 2.58. The molecule has 6 N–H and O–H groups in total. The second-order valence-corrected chi connectivity index (χ2v) is 8.92. The number of aliphatic carboxylic acids is 1. The molecule has 3 amide bonds. The smallest absolute Gasteiger partial charge is 0.326 e. The lowest BCUT2D eigenvalue weighted by atomic mass is 9.96. The van der Waals surface area contributed by atoms with Crippen LogP contribution in [0.3, 0.4) is 0 Å². The molecular formula is C19H36N4O5S2. The van der Waals surface area contributed by atoms with Crippen LogP contribution in [-0.4, -0.2) is 70.7 Å². The van der Waals surface area contributed by atoms with Gasteiger partial charge in [0.1, 0.15) is 18.1 Å². The quantitative estimate of drug-likeness (QED) is 0.202. The largest absolute Gasteiger partial charge is 0.480 e. The fourth-order valence-corrected chi connectivity index (χ4v) is 3.21. The van der Waals surface area contributed by atoms with E-state index in [-0.39, 0.29) is 24.0 Å². The van der Waals surface area contributed by atoms with Crippen LogP contribution in [0.4, 0.5) is 0 Å². The average molecular weight is 465 g/mol. The molecule has 0 saturated carbocycles. The van der Waals surface area contributed by atoms with Crippen LogP contribution in [0.25, 0.3) is 0 Å². The molecule has 5 unspecified atom stereocenters. The van der Waals surface area contributed by atoms with E-state index in [1.54, 1.807) is 20.8 Å². The van der Waals surface area contributed by atoms with Gasteiger partial charge in [0, 0.05) is 5.75 Å². The molecule has 30 heavy (non-hydrogen) atoms. The molecule has 0 aromatic heterocycles. The minimum atomic E-state index is -1.13. The lowest BCUT2D eigenvalue weighted by molar-refractivity contribution is -0.142. The van der Waals surface area contributed by atoms with E-state index in [2.05, 4.69) is 28.6 Å². The van der Waals surface area contributed by atoms with Crippen LogP contribution in [0.5, 0.6) is 0 Å². The maximum absolute atomic E-state index is 12.9. The Balaban J connectivity index is 5.41. The molecule has 174 valence electrons. The lowest BCUT2D eigenvalue weighted by Gasteiger charge is -2.29. The van der Waals surface area contributed by atoms with Crippen molar-refractivity contribution in [3.05, 3.63) is 0 Å². The summed E-state index contributed by atoms with van der Waals surface area (Å²) in [6.45, 7) is 7.19. The highest BCUT2D eigenvalue weighted by molar-refractivity contribution is 7.98. The number of carbonyl (C=O) groups excluding carboxylic acids is 3. The van der Waals surface area contributed by atoms with E-state index in [9.17, 15) is 24.3 Å². The molecule has 0 aromatic carbocycles. The Hall–Kier alpha value is -1.46. The van der Waals surface area contributed by atoms with Crippen molar-refractivity contribution in [1.29, 1.82) is 0 Å². The normalized spacial score (nSPS) is 16.1. The number of thiol groups is 1. The second kappa shape index (κ2) is 14.5. The number of thioether (sulfide) groups is 1. The summed E-state index contributed by atoms with van der Waals surface area (Å²) in [6.07, 6.45) is 2.71. The number of rotatable bonds is 14. The Morgan fingerprint density at radius 1 is 1.00 bits per heavy atom. The Kier molecular flexibility index (Phi) is 13.8. The maximum atomic E-state index is 12.9. The van der Waals surface area contributed by atoms with Crippen molar-refractivity contribution < 1.29 is 24.3 Å². The van der Waals surface area contributed by atoms with Gasteiger partial charge in [-0.15, -0.1) is 0 Å². The first-order valence-corrected chi connectivity index (χ1v) is 12.0. The Labute approximate surface area is 188 Å². The zero-order valence-corrected chi connectivity index (χ0v) is 20.0. The van der Waals surface area contributed by atoms with Crippen LogP contribution in [0.2, 0.25) is 0 Å². The summed E-state index contributed by atoms with van der Waals surface area (Å²) in [7, 11) is 0. The van der Waals surface area contributed by atoms with Gasteiger partial charge >= 0.3 is 5.97 Å². The van der Waals surface area contributed by atoms with Crippen LogP contribution in [0.15, 0.2) is 0 Å². The Morgan fingerprint density at radius 2 is 1.53 bits per heavy atom. The Bertz CT molecular complexity index is 591. The highest BCUT2D eigenvalue weighted by Crippen LogP contribution is 2.11. The topological polar surface area (TPSA) is 151 Å². The van der Waals surface area contributed by atoms with E-state index in [1.165, 1.54) is 11.8 Å². The van der Waals surface area contributed by atoms with Crippen LogP contribution in [-0.2, 0) is 19.2 Å². The molecule has 0 rings (SSSR count). The third-order valence-corrected chi connectivity index (χ3v) is 5.84. The van der Waals surface area contributed by atoms with Gasteiger partial charge < -0.3 is 26.8 Å². The van der Waals surface area contributed by atoms with Crippen LogP contribution >= 0.6 is 24.4 Å². The fraction of sp³-hybridized carbons (Fsp3) is 0.789. The summed E-state index contributed by atoms with van der Waals surface area (Å²) in [6, 6.07) is -3.73. The molecule has 0 bridgehead atoms. The third-order valence-electron chi connectivity index (χ3n) is 4.80. The minimum Gasteiger partial charge on any atom is -0.480 e. The number of nitrogens with two attached hydrogens (primary N) is 1. The van der Waals surface area contributed by atoms with E-state index >= 15 is 0 Å². The molecular weight excluding hydrogens is 428 g/mol. The van der Waals surface area contributed by atoms with Crippen molar-refractivity contribution in [3.63, 3.8) is 0 Å². The maximum Gasteiger partial charge on any atom is 0.326 e. The highest BCUT2D eigenvalue weighted by Gasteiger charge is 2.33. The molecule has 0 aliphatic heterocycles. The zero-order chi connectivity index (χ0) is 23.4. The average Bonchev–Trinajstić information content (AvgIpc) is 2.70. The molecule has 0 aliphatic carbocycles. The van der Waals surface area contributed by atoms with Crippen molar-refractivity contribution in [2.24, 2.45) is 17.6 Å². The van der Waals surface area contributed by atoms with Crippen LogP contribution in [0, 0.1) is 11.8 Å². The summed E-state index contributed by atoms with van der Waals surface area (Å²) in [5.41, 5.74) is 5.67. The molecule has 0 aliphatic rings. The first kappa shape index (κ1) is 28.5. The van der Waals surface area contributed by atoms with Crippen molar-refractivity contribution in [2.75, 3.05) is 17.8 Å². The lowest BCUT2D eigenvalue weighted by Crippen LogP contribution is -2.60. The zero-order valence-electron chi connectivity index (χ0n) is 18.3. The summed E-state index contributed by atoms with van der Waals surface area (Å²) in [5.74, 6) is -2.52. The Morgan fingerprint density at radius 3 is 1.97 bits per heavy atom. The van der Waals surface area contributed by atoms with E-state index in [0.29, 0.717) is 12.2 Å². The van der Waals surface area contributed by atoms with E-state index in [0.717, 1.165) is 0 Å². The van der Waals surface area contributed by atoms with Gasteiger partial charge in [0.2, 0.25) is 17.7 Å². The van der Waals surface area contributed by atoms with Gasteiger partial charge in [-0.25, -0.2) is 4.79 Å². The van der Waals surface area contributed by atoms with Crippen molar-refractivity contribution in [1.82, 2.24) is 16.0 Å². The number of nitrogens with one attached hydrogen (secondary N) is 3. The van der Waals surface area contributed by atoms with Crippen molar-refractivity contribution in [3.8, 4) is 0 Å². The third kappa shape index (κ3) is 9.57. The van der Waals surface area contributed by atoms with E-state index in [4.69, 9.17) is 5.73 Å². The SMILES string of the molecule is CCC(C)C(NC(=O)C(NC(=O)C(N)CS)C(C)C)C(=O)NC(CCSC)C(=O)O. The number of carboxylic acid groups (broad SMARTS) is 1. The number of hydrogen-bond acceptors (Lipinski definition) is 7. The molecule has 0 spiro atoms. The molecule has 0 fully saturated rings. The molecule has 5 atom stereocenters. The van der Waals surface area contributed by atoms with Crippen LogP contribution in [0.1, 0.15) is 40.5 Å².